The second-order valence-corrected chi connectivity index (χ2v) is 7.82. The predicted octanol–water partition coefficient (Wildman–Crippen LogP) is 6.57. The normalized spacial score (nSPS) is 11.7. The van der Waals surface area contributed by atoms with E-state index in [9.17, 15) is 8.78 Å². The molecule has 2 aromatic heterocycles. The first-order valence-electron chi connectivity index (χ1n) is 7.80. The standard InChI is InChI=1S/C17H19ClF2N4S2/c1-4-5-12(21)26-15(9(2)3)11-8-25-17(22-11)24-13-7-6-10(18)14(23-13)16(19)20/h5-8,16H,4,21H2,1-3H3,(H,22,23,24)/b12-5+. The zero-order valence-corrected chi connectivity index (χ0v) is 16.9. The average molecular weight is 417 g/mol. The first-order valence-corrected chi connectivity index (χ1v) is 9.87. The Bertz CT molecular complexity index is 830. The van der Waals surface area contributed by atoms with E-state index in [1.807, 2.05) is 32.2 Å². The summed E-state index contributed by atoms with van der Waals surface area (Å²) in [4.78, 5) is 9.35. The van der Waals surface area contributed by atoms with Crippen molar-refractivity contribution >= 4 is 50.6 Å². The second-order valence-electron chi connectivity index (χ2n) is 5.47. The van der Waals surface area contributed by atoms with Gasteiger partial charge in [0.25, 0.3) is 6.43 Å². The maximum Gasteiger partial charge on any atom is 0.281 e. The summed E-state index contributed by atoms with van der Waals surface area (Å²) in [7, 11) is 0. The van der Waals surface area contributed by atoms with Crippen LogP contribution in [0.2, 0.25) is 5.02 Å². The number of anilines is 2. The number of thioether (sulfide) groups is 1. The van der Waals surface area contributed by atoms with Crippen LogP contribution in [0.1, 0.15) is 45.0 Å². The average Bonchev–Trinajstić information content (AvgIpc) is 3.02. The third kappa shape index (κ3) is 5.43. The topological polar surface area (TPSA) is 63.8 Å². The van der Waals surface area contributed by atoms with E-state index in [4.69, 9.17) is 17.3 Å². The van der Waals surface area contributed by atoms with E-state index in [1.54, 1.807) is 0 Å². The maximum atomic E-state index is 12.9. The summed E-state index contributed by atoms with van der Waals surface area (Å²) < 4.78 is 25.8. The number of pyridine rings is 1. The Hall–Kier alpha value is -1.64. The molecule has 0 radical (unpaired) electrons. The van der Waals surface area contributed by atoms with E-state index in [0.717, 1.165) is 22.6 Å². The lowest BCUT2D eigenvalue weighted by Gasteiger charge is -2.08. The van der Waals surface area contributed by atoms with E-state index in [1.165, 1.54) is 35.2 Å². The summed E-state index contributed by atoms with van der Waals surface area (Å²) >= 11 is 8.56. The molecular formula is C17H19ClF2N4S2. The Kier molecular flexibility index (Phi) is 7.43. The van der Waals surface area contributed by atoms with Crippen molar-refractivity contribution in [3.05, 3.63) is 50.6 Å². The Labute approximate surface area is 164 Å². The number of hydrogen-bond acceptors (Lipinski definition) is 6. The molecule has 9 heteroatoms. The van der Waals surface area contributed by atoms with Gasteiger partial charge in [-0.1, -0.05) is 41.9 Å². The Balaban J connectivity index is 2.23. The van der Waals surface area contributed by atoms with Crippen molar-refractivity contribution in [2.75, 3.05) is 5.32 Å². The van der Waals surface area contributed by atoms with Gasteiger partial charge in [0.2, 0.25) is 0 Å². The lowest BCUT2D eigenvalue weighted by Crippen LogP contribution is -1.98. The van der Waals surface area contributed by atoms with Gasteiger partial charge >= 0.3 is 0 Å². The van der Waals surface area contributed by atoms with Gasteiger partial charge in [0, 0.05) is 10.3 Å². The lowest BCUT2D eigenvalue weighted by atomic mass is 10.3. The van der Waals surface area contributed by atoms with E-state index in [-0.39, 0.29) is 10.8 Å². The van der Waals surface area contributed by atoms with Crippen molar-refractivity contribution in [1.82, 2.24) is 9.97 Å². The predicted molar refractivity (Wildman–Crippen MR) is 108 cm³/mol. The minimum absolute atomic E-state index is 0.0632. The number of hydrogen-bond donors (Lipinski definition) is 2. The Morgan fingerprint density at radius 3 is 2.73 bits per heavy atom. The number of nitrogens with zero attached hydrogens (tertiary/aromatic N) is 2. The van der Waals surface area contributed by atoms with Gasteiger partial charge in [0.15, 0.2) is 5.13 Å². The van der Waals surface area contributed by atoms with Crippen LogP contribution in [0.4, 0.5) is 19.7 Å². The molecule has 0 bridgehead atoms. The summed E-state index contributed by atoms with van der Waals surface area (Å²) in [5.41, 5.74) is 7.42. The molecule has 0 aromatic carbocycles. The first kappa shape index (κ1) is 20.7. The van der Waals surface area contributed by atoms with Crippen LogP contribution in [0.5, 0.6) is 0 Å². The van der Waals surface area contributed by atoms with Gasteiger partial charge in [-0.3, -0.25) is 0 Å². The minimum atomic E-state index is -2.74. The smallest absolute Gasteiger partial charge is 0.281 e. The van der Waals surface area contributed by atoms with Crippen LogP contribution in [0.3, 0.4) is 0 Å². The van der Waals surface area contributed by atoms with Crippen LogP contribution in [0, 0.1) is 0 Å². The number of nitrogens with two attached hydrogens (primary N) is 1. The van der Waals surface area contributed by atoms with Gasteiger partial charge in [0.05, 0.1) is 15.7 Å². The fourth-order valence-corrected chi connectivity index (χ4v) is 3.87. The lowest BCUT2D eigenvalue weighted by molar-refractivity contribution is 0.146. The zero-order chi connectivity index (χ0) is 19.3. The number of nitrogens with one attached hydrogen (secondary N) is 1. The molecule has 3 N–H and O–H groups in total. The summed E-state index contributed by atoms with van der Waals surface area (Å²) in [5, 5.41) is 6.04. The summed E-state index contributed by atoms with van der Waals surface area (Å²) in [5.74, 6) is 0.266. The molecule has 4 nitrogen and oxygen atoms in total. The number of rotatable bonds is 7. The maximum absolute atomic E-state index is 12.9. The van der Waals surface area contributed by atoms with E-state index in [0.29, 0.717) is 10.2 Å². The van der Waals surface area contributed by atoms with Crippen molar-refractivity contribution in [1.29, 1.82) is 0 Å². The van der Waals surface area contributed by atoms with Gasteiger partial charge in [-0.05, 0) is 32.4 Å². The monoisotopic (exact) mass is 416 g/mol. The third-order valence-electron chi connectivity index (χ3n) is 3.13. The number of alkyl halides is 2. The molecule has 140 valence electrons. The van der Waals surface area contributed by atoms with Crippen LogP contribution in [-0.4, -0.2) is 9.97 Å². The minimum Gasteiger partial charge on any atom is -0.394 e. The van der Waals surface area contributed by atoms with Crippen LogP contribution >= 0.6 is 34.7 Å². The summed E-state index contributed by atoms with van der Waals surface area (Å²) in [6, 6.07) is 2.92. The number of aromatic nitrogens is 2. The van der Waals surface area contributed by atoms with Gasteiger partial charge < -0.3 is 11.1 Å². The van der Waals surface area contributed by atoms with Gasteiger partial charge in [0.1, 0.15) is 11.5 Å². The second kappa shape index (κ2) is 9.34. The van der Waals surface area contributed by atoms with E-state index >= 15 is 0 Å². The number of allylic oxidation sites excluding steroid dienone is 2. The van der Waals surface area contributed by atoms with Crippen molar-refractivity contribution in [2.45, 2.75) is 33.6 Å². The van der Waals surface area contributed by atoms with Crippen molar-refractivity contribution in [3.8, 4) is 0 Å². The molecule has 2 rings (SSSR count). The summed E-state index contributed by atoms with van der Waals surface area (Å²) in [6.45, 7) is 6.00. The SMILES string of the molecule is CC/C=C(\N)SC(=C(C)C)c1csc(Nc2ccc(Cl)c(C(F)F)n2)n1. The van der Waals surface area contributed by atoms with Crippen LogP contribution in [-0.2, 0) is 0 Å². The molecule has 0 saturated heterocycles. The molecule has 2 heterocycles. The molecule has 26 heavy (non-hydrogen) atoms. The van der Waals surface area contributed by atoms with Crippen molar-refractivity contribution in [3.63, 3.8) is 0 Å². The molecular weight excluding hydrogens is 398 g/mol. The zero-order valence-electron chi connectivity index (χ0n) is 14.5. The Morgan fingerprint density at radius 2 is 2.12 bits per heavy atom. The molecule has 0 amide bonds. The molecule has 0 unspecified atom stereocenters. The quantitative estimate of drug-likeness (QED) is 0.534. The van der Waals surface area contributed by atoms with Gasteiger partial charge in [-0.15, -0.1) is 11.3 Å². The molecule has 0 fully saturated rings. The van der Waals surface area contributed by atoms with E-state index < -0.39 is 12.1 Å². The van der Waals surface area contributed by atoms with Gasteiger partial charge in [-0.2, -0.15) is 0 Å². The van der Waals surface area contributed by atoms with Crippen LogP contribution in [0.15, 0.2) is 34.2 Å². The highest BCUT2D eigenvalue weighted by molar-refractivity contribution is 8.11. The molecule has 0 spiro atoms. The van der Waals surface area contributed by atoms with Gasteiger partial charge in [-0.25, -0.2) is 18.7 Å². The molecule has 0 aliphatic rings. The van der Waals surface area contributed by atoms with Crippen LogP contribution < -0.4 is 11.1 Å². The largest absolute Gasteiger partial charge is 0.394 e. The van der Waals surface area contributed by atoms with Crippen molar-refractivity contribution in [2.24, 2.45) is 5.73 Å². The number of thiazole rings is 1. The number of halogens is 3. The molecule has 0 atom stereocenters. The third-order valence-corrected chi connectivity index (χ3v) is 5.43. The highest BCUT2D eigenvalue weighted by Crippen LogP contribution is 2.36. The Morgan fingerprint density at radius 1 is 1.38 bits per heavy atom. The molecule has 2 aromatic rings. The highest BCUT2D eigenvalue weighted by Gasteiger charge is 2.16. The van der Waals surface area contributed by atoms with Crippen LogP contribution in [0.25, 0.3) is 4.91 Å². The molecule has 0 aliphatic heterocycles. The van der Waals surface area contributed by atoms with E-state index in [2.05, 4.69) is 15.3 Å². The highest BCUT2D eigenvalue weighted by atomic mass is 35.5. The fraction of sp³-hybridized carbons (Fsp3) is 0.294. The van der Waals surface area contributed by atoms with Crippen molar-refractivity contribution < 1.29 is 8.78 Å². The fourth-order valence-electron chi connectivity index (χ4n) is 2.00. The molecule has 0 saturated carbocycles. The molecule has 0 aliphatic carbocycles. The summed E-state index contributed by atoms with van der Waals surface area (Å²) in [6.07, 6.45) is 0.0638. The first-order chi connectivity index (χ1) is 12.3.